The Hall–Kier alpha value is -3.04. The molecule has 150 valence electrons. The van der Waals surface area contributed by atoms with Crippen molar-refractivity contribution in [2.24, 2.45) is 10.2 Å². The quantitative estimate of drug-likeness (QED) is 0.817. The molecule has 0 spiro atoms. The first-order valence-corrected chi connectivity index (χ1v) is 10.7. The number of ketones is 1. The van der Waals surface area contributed by atoms with Gasteiger partial charge in [-0.1, -0.05) is 18.2 Å². The third-order valence-electron chi connectivity index (χ3n) is 5.17. The van der Waals surface area contributed by atoms with Crippen LogP contribution in [0, 0.1) is 0 Å². The molecule has 2 aliphatic rings. The average Bonchev–Trinajstić information content (AvgIpc) is 3.32. The SMILES string of the molecule is CC(=O)C1CC(C(=O)N2CCc3cc(S(N)(=O)=O)ccc32)=NN1c1ccccc1. The number of nitrogens with zero attached hydrogens (tertiary/aromatic N) is 3. The van der Waals surface area contributed by atoms with Gasteiger partial charge in [-0.25, -0.2) is 13.6 Å². The Labute approximate surface area is 168 Å². The predicted molar refractivity (Wildman–Crippen MR) is 109 cm³/mol. The summed E-state index contributed by atoms with van der Waals surface area (Å²) in [6.07, 6.45) is 0.750. The molecule has 0 saturated carbocycles. The number of hydrogen-bond acceptors (Lipinski definition) is 6. The van der Waals surface area contributed by atoms with Crippen LogP contribution in [0.3, 0.4) is 0 Å². The van der Waals surface area contributed by atoms with Gasteiger partial charge in [0.2, 0.25) is 10.0 Å². The summed E-state index contributed by atoms with van der Waals surface area (Å²) in [5.74, 6) is -0.350. The third kappa shape index (κ3) is 3.54. The van der Waals surface area contributed by atoms with Crippen molar-refractivity contribution in [2.45, 2.75) is 30.7 Å². The Kier molecular flexibility index (Phi) is 4.71. The van der Waals surface area contributed by atoms with Crippen molar-refractivity contribution < 1.29 is 18.0 Å². The highest BCUT2D eigenvalue weighted by atomic mass is 32.2. The summed E-state index contributed by atoms with van der Waals surface area (Å²) < 4.78 is 23.1. The number of rotatable bonds is 4. The van der Waals surface area contributed by atoms with Crippen molar-refractivity contribution in [1.82, 2.24) is 0 Å². The number of para-hydroxylation sites is 1. The Morgan fingerprint density at radius 1 is 1.14 bits per heavy atom. The summed E-state index contributed by atoms with van der Waals surface area (Å²) in [4.78, 5) is 26.9. The normalized spacial score (nSPS) is 18.6. The lowest BCUT2D eigenvalue weighted by Crippen LogP contribution is -2.36. The van der Waals surface area contributed by atoms with Crippen molar-refractivity contribution in [3.05, 3.63) is 54.1 Å². The van der Waals surface area contributed by atoms with Gasteiger partial charge in [-0.15, -0.1) is 0 Å². The van der Waals surface area contributed by atoms with Gasteiger partial charge in [0.05, 0.1) is 10.6 Å². The monoisotopic (exact) mass is 412 g/mol. The number of hydrogen-bond donors (Lipinski definition) is 1. The number of primary sulfonamides is 1. The van der Waals surface area contributed by atoms with Crippen molar-refractivity contribution >= 4 is 38.8 Å². The molecule has 8 nitrogen and oxygen atoms in total. The van der Waals surface area contributed by atoms with E-state index < -0.39 is 16.1 Å². The molecule has 2 aromatic rings. The minimum Gasteiger partial charge on any atom is -0.307 e. The Morgan fingerprint density at radius 2 is 1.86 bits per heavy atom. The van der Waals surface area contributed by atoms with Crippen LogP contribution in [0.25, 0.3) is 0 Å². The van der Waals surface area contributed by atoms with Gasteiger partial charge in [-0.05, 0) is 49.2 Å². The molecule has 0 saturated heterocycles. The van der Waals surface area contributed by atoms with Crippen molar-refractivity contribution in [1.29, 1.82) is 0 Å². The summed E-state index contributed by atoms with van der Waals surface area (Å²) in [6.45, 7) is 1.90. The van der Waals surface area contributed by atoms with E-state index in [1.807, 2.05) is 30.3 Å². The molecule has 1 atom stereocenters. The first kappa shape index (κ1) is 19.3. The second-order valence-electron chi connectivity index (χ2n) is 7.10. The van der Waals surface area contributed by atoms with Crippen LogP contribution in [-0.2, 0) is 26.0 Å². The molecule has 1 unspecified atom stereocenters. The van der Waals surface area contributed by atoms with Crippen LogP contribution >= 0.6 is 0 Å². The third-order valence-corrected chi connectivity index (χ3v) is 6.08. The second kappa shape index (κ2) is 7.09. The lowest BCUT2D eigenvalue weighted by molar-refractivity contribution is -0.118. The molecule has 2 aromatic carbocycles. The molecule has 2 N–H and O–H groups in total. The van der Waals surface area contributed by atoms with Crippen LogP contribution in [0.1, 0.15) is 18.9 Å². The first-order chi connectivity index (χ1) is 13.8. The van der Waals surface area contributed by atoms with Crippen LogP contribution in [-0.4, -0.2) is 38.4 Å². The number of amides is 1. The lowest BCUT2D eigenvalue weighted by Gasteiger charge is -2.20. The number of nitrogens with two attached hydrogens (primary N) is 1. The fourth-order valence-corrected chi connectivity index (χ4v) is 4.26. The summed E-state index contributed by atoms with van der Waals surface area (Å²) in [7, 11) is -3.80. The lowest BCUT2D eigenvalue weighted by atomic mass is 10.1. The van der Waals surface area contributed by atoms with Gasteiger partial charge in [-0.3, -0.25) is 14.6 Å². The zero-order valence-electron chi connectivity index (χ0n) is 15.8. The highest BCUT2D eigenvalue weighted by Crippen LogP contribution is 2.32. The molecule has 9 heteroatoms. The standard InChI is InChI=1S/C20H20N4O4S/c1-13(25)19-12-17(22-24(19)15-5-3-2-4-6-15)20(26)23-10-9-14-11-16(29(21,27)28)7-8-18(14)23/h2-8,11,19H,9-10,12H2,1H3,(H2,21,27,28). The van der Waals surface area contributed by atoms with Crippen LogP contribution < -0.4 is 15.0 Å². The van der Waals surface area contributed by atoms with E-state index >= 15 is 0 Å². The molecule has 1 amide bonds. The number of Topliss-reactive ketones (excluding diaryl/α,β-unsaturated/α-hetero) is 1. The number of anilines is 2. The number of benzene rings is 2. The maximum absolute atomic E-state index is 13.2. The minimum absolute atomic E-state index is 0.0238. The van der Waals surface area contributed by atoms with Gasteiger partial charge in [0, 0.05) is 18.7 Å². The summed E-state index contributed by atoms with van der Waals surface area (Å²) in [5.41, 5.74) is 2.43. The van der Waals surface area contributed by atoms with Crippen LogP contribution in [0.4, 0.5) is 11.4 Å². The molecule has 2 heterocycles. The number of hydrazone groups is 1. The molecular weight excluding hydrogens is 392 g/mol. The maximum atomic E-state index is 13.2. The zero-order valence-corrected chi connectivity index (χ0v) is 16.6. The van der Waals surface area contributed by atoms with Gasteiger partial charge in [0.15, 0.2) is 5.78 Å². The van der Waals surface area contributed by atoms with Crippen molar-refractivity contribution in [2.75, 3.05) is 16.5 Å². The zero-order chi connectivity index (χ0) is 20.8. The number of carbonyl (C=O) groups excluding carboxylic acids is 2. The molecule has 0 radical (unpaired) electrons. The summed E-state index contributed by atoms with van der Waals surface area (Å²) in [6, 6.07) is 13.2. The van der Waals surface area contributed by atoms with Crippen LogP contribution in [0.5, 0.6) is 0 Å². The number of sulfonamides is 1. The smallest absolute Gasteiger partial charge is 0.274 e. The number of fused-ring (bicyclic) bond motifs is 1. The summed E-state index contributed by atoms with van der Waals surface area (Å²) in [5, 5.41) is 11.2. The predicted octanol–water partition coefficient (Wildman–Crippen LogP) is 1.45. The summed E-state index contributed by atoms with van der Waals surface area (Å²) >= 11 is 0. The van der Waals surface area contributed by atoms with E-state index in [2.05, 4.69) is 5.10 Å². The Bertz CT molecular complexity index is 1130. The minimum atomic E-state index is -3.80. The molecular formula is C20H20N4O4S. The molecule has 0 fully saturated rings. The van der Waals surface area contributed by atoms with Crippen LogP contribution in [0.15, 0.2) is 58.5 Å². The Morgan fingerprint density at radius 3 is 2.52 bits per heavy atom. The molecule has 29 heavy (non-hydrogen) atoms. The fraction of sp³-hybridized carbons (Fsp3) is 0.250. The van der Waals surface area contributed by atoms with E-state index in [-0.39, 0.29) is 23.0 Å². The molecule has 4 rings (SSSR count). The average molecular weight is 412 g/mol. The van der Waals surface area contributed by atoms with Gasteiger partial charge in [0.1, 0.15) is 11.8 Å². The second-order valence-corrected chi connectivity index (χ2v) is 8.66. The van der Waals surface area contributed by atoms with Gasteiger partial charge in [-0.2, -0.15) is 5.10 Å². The molecule has 0 bridgehead atoms. The van der Waals surface area contributed by atoms with E-state index in [9.17, 15) is 18.0 Å². The largest absolute Gasteiger partial charge is 0.307 e. The highest BCUT2D eigenvalue weighted by Gasteiger charge is 2.37. The Balaban J connectivity index is 1.64. The van der Waals surface area contributed by atoms with E-state index in [0.29, 0.717) is 24.4 Å². The van der Waals surface area contributed by atoms with E-state index in [1.165, 1.54) is 19.1 Å². The van der Waals surface area contributed by atoms with E-state index in [0.717, 1.165) is 11.3 Å². The van der Waals surface area contributed by atoms with Crippen molar-refractivity contribution in [3.63, 3.8) is 0 Å². The van der Waals surface area contributed by atoms with Gasteiger partial charge >= 0.3 is 0 Å². The topological polar surface area (TPSA) is 113 Å². The molecule has 0 aromatic heterocycles. The first-order valence-electron chi connectivity index (χ1n) is 9.15. The molecule has 2 aliphatic heterocycles. The maximum Gasteiger partial charge on any atom is 0.274 e. The van der Waals surface area contributed by atoms with E-state index in [4.69, 9.17) is 5.14 Å². The van der Waals surface area contributed by atoms with Gasteiger partial charge < -0.3 is 4.90 Å². The van der Waals surface area contributed by atoms with Crippen LogP contribution in [0.2, 0.25) is 0 Å². The number of carbonyl (C=O) groups is 2. The highest BCUT2D eigenvalue weighted by molar-refractivity contribution is 7.89. The van der Waals surface area contributed by atoms with Crippen molar-refractivity contribution in [3.8, 4) is 0 Å². The van der Waals surface area contributed by atoms with E-state index in [1.54, 1.807) is 16.0 Å². The fourth-order valence-electron chi connectivity index (χ4n) is 3.70. The molecule has 0 aliphatic carbocycles. The van der Waals surface area contributed by atoms with Gasteiger partial charge in [0.25, 0.3) is 5.91 Å².